The number of nitrogens with two attached hydrogens (primary N) is 1. The van der Waals surface area contributed by atoms with Crippen LogP contribution in [0.2, 0.25) is 0 Å². The van der Waals surface area contributed by atoms with Crippen LogP contribution in [0, 0.1) is 18.8 Å². The molecule has 3 N–H and O–H groups in total. The van der Waals surface area contributed by atoms with Crippen molar-refractivity contribution in [3.05, 3.63) is 23.2 Å². The van der Waals surface area contributed by atoms with E-state index in [1.165, 1.54) is 6.42 Å². The zero-order chi connectivity index (χ0) is 14.0. The van der Waals surface area contributed by atoms with Gasteiger partial charge in [-0.1, -0.05) is 13.8 Å². The number of carbonyl (C=O) groups excluding carboxylic acids is 1. The van der Waals surface area contributed by atoms with Crippen molar-refractivity contribution in [1.82, 2.24) is 10.3 Å². The molecule has 1 aliphatic heterocycles. The monoisotopic (exact) mass is 265 g/mol. The summed E-state index contributed by atoms with van der Waals surface area (Å²) in [4.78, 5) is 13.9. The molecule has 19 heavy (non-hydrogen) atoms. The first-order valence-electron chi connectivity index (χ1n) is 6.84. The summed E-state index contributed by atoms with van der Waals surface area (Å²) in [6.45, 7) is 9.38. The Hall–Kier alpha value is -1.33. The van der Waals surface area contributed by atoms with Crippen molar-refractivity contribution < 1.29 is 9.21 Å². The summed E-state index contributed by atoms with van der Waals surface area (Å²) in [5.74, 6) is 7.40. The first-order valence-corrected chi connectivity index (χ1v) is 6.84. The van der Waals surface area contributed by atoms with E-state index in [1.54, 1.807) is 0 Å². The van der Waals surface area contributed by atoms with Crippen molar-refractivity contribution in [2.24, 2.45) is 17.7 Å². The maximum absolute atomic E-state index is 11.5. The van der Waals surface area contributed by atoms with Gasteiger partial charge in [-0.25, -0.2) is 5.84 Å². The molecule has 0 aliphatic carbocycles. The van der Waals surface area contributed by atoms with E-state index in [0.29, 0.717) is 5.76 Å². The van der Waals surface area contributed by atoms with Gasteiger partial charge in [0.25, 0.3) is 0 Å². The van der Waals surface area contributed by atoms with Gasteiger partial charge in [0.1, 0.15) is 5.76 Å². The molecular weight excluding hydrogens is 242 g/mol. The van der Waals surface area contributed by atoms with Gasteiger partial charge in [0.05, 0.1) is 6.54 Å². The maximum Gasteiger partial charge on any atom is 0.301 e. The van der Waals surface area contributed by atoms with Crippen molar-refractivity contribution in [2.75, 3.05) is 13.1 Å². The number of nitrogens with one attached hydrogen (secondary N) is 1. The fourth-order valence-electron chi connectivity index (χ4n) is 2.69. The number of nitrogens with zero attached hydrogens (tertiary/aromatic N) is 1. The lowest BCUT2D eigenvalue weighted by Gasteiger charge is -2.16. The van der Waals surface area contributed by atoms with Crippen molar-refractivity contribution in [1.29, 1.82) is 0 Å². The van der Waals surface area contributed by atoms with Gasteiger partial charge in [0.15, 0.2) is 5.76 Å². The molecule has 5 heteroatoms. The fraction of sp³-hybridized carbons (Fsp3) is 0.643. The van der Waals surface area contributed by atoms with E-state index in [0.717, 1.165) is 42.8 Å². The largest absolute Gasteiger partial charge is 0.454 e. The molecule has 1 fully saturated rings. The highest BCUT2D eigenvalue weighted by Crippen LogP contribution is 2.25. The lowest BCUT2D eigenvalue weighted by Crippen LogP contribution is -2.30. The van der Waals surface area contributed by atoms with E-state index in [-0.39, 0.29) is 5.91 Å². The number of hydrogen-bond donors (Lipinski definition) is 2. The van der Waals surface area contributed by atoms with Gasteiger partial charge >= 0.3 is 5.91 Å². The van der Waals surface area contributed by atoms with Crippen LogP contribution >= 0.6 is 0 Å². The molecule has 0 bridgehead atoms. The summed E-state index contributed by atoms with van der Waals surface area (Å²) < 4.78 is 5.59. The van der Waals surface area contributed by atoms with E-state index < -0.39 is 0 Å². The van der Waals surface area contributed by atoms with Gasteiger partial charge in [0.2, 0.25) is 0 Å². The molecule has 1 aromatic heterocycles. The third-order valence-electron chi connectivity index (χ3n) is 3.94. The summed E-state index contributed by atoms with van der Waals surface area (Å²) in [6, 6.07) is 1.92. The summed E-state index contributed by atoms with van der Waals surface area (Å²) >= 11 is 0. The van der Waals surface area contributed by atoms with Crippen LogP contribution in [0.15, 0.2) is 10.5 Å². The highest BCUT2D eigenvalue weighted by molar-refractivity contribution is 5.92. The summed E-state index contributed by atoms with van der Waals surface area (Å²) in [6.07, 6.45) is 1.24. The highest BCUT2D eigenvalue weighted by Gasteiger charge is 2.26. The number of carbonyl (C=O) groups is 1. The number of hydrogen-bond acceptors (Lipinski definition) is 4. The topological polar surface area (TPSA) is 71.5 Å². The Bertz CT molecular complexity index is 454. The average molecular weight is 265 g/mol. The summed E-state index contributed by atoms with van der Waals surface area (Å²) in [5, 5.41) is 0. The zero-order valence-electron chi connectivity index (χ0n) is 11.9. The molecule has 1 amide bonds. The lowest BCUT2D eigenvalue weighted by atomic mass is 9.95. The SMILES string of the molecule is Cc1cc(CN2CCC(C(C)C)C2)oc1C(=O)NN. The Balaban J connectivity index is 1.99. The number of amides is 1. The van der Waals surface area contributed by atoms with Gasteiger partial charge < -0.3 is 4.42 Å². The van der Waals surface area contributed by atoms with Crippen molar-refractivity contribution in [3.8, 4) is 0 Å². The van der Waals surface area contributed by atoms with Crippen LogP contribution < -0.4 is 11.3 Å². The first-order chi connectivity index (χ1) is 9.01. The van der Waals surface area contributed by atoms with Crippen LogP contribution in [0.4, 0.5) is 0 Å². The van der Waals surface area contributed by atoms with E-state index in [2.05, 4.69) is 24.2 Å². The van der Waals surface area contributed by atoms with Crippen LogP contribution in [0.25, 0.3) is 0 Å². The van der Waals surface area contributed by atoms with Gasteiger partial charge in [-0.05, 0) is 37.8 Å². The fourth-order valence-corrected chi connectivity index (χ4v) is 2.69. The number of nitrogen functional groups attached to an aromatic ring is 1. The minimum absolute atomic E-state index is 0.317. The Morgan fingerprint density at radius 3 is 2.95 bits per heavy atom. The third-order valence-corrected chi connectivity index (χ3v) is 3.94. The number of likely N-dealkylation sites (tertiary alicyclic amines) is 1. The number of rotatable bonds is 4. The molecule has 0 radical (unpaired) electrons. The normalized spacial score (nSPS) is 20.2. The predicted octanol–water partition coefficient (Wildman–Crippen LogP) is 1.67. The molecular formula is C14H23N3O2. The third kappa shape index (κ3) is 3.16. The van der Waals surface area contributed by atoms with Crippen LogP contribution in [0.5, 0.6) is 0 Å². The van der Waals surface area contributed by atoms with Gasteiger partial charge in [-0.3, -0.25) is 15.1 Å². The molecule has 0 aromatic carbocycles. The predicted molar refractivity (Wildman–Crippen MR) is 73.3 cm³/mol. The smallest absolute Gasteiger partial charge is 0.301 e. The zero-order valence-corrected chi connectivity index (χ0v) is 11.9. The summed E-state index contributed by atoms with van der Waals surface area (Å²) in [5.41, 5.74) is 2.94. The van der Waals surface area contributed by atoms with E-state index in [4.69, 9.17) is 10.3 Å². The maximum atomic E-state index is 11.5. The summed E-state index contributed by atoms with van der Waals surface area (Å²) in [7, 11) is 0. The number of furan rings is 1. The van der Waals surface area contributed by atoms with Gasteiger partial charge in [-0.15, -0.1) is 0 Å². The molecule has 0 saturated carbocycles. The standard InChI is InChI=1S/C14H23N3O2/c1-9(2)11-4-5-17(7-11)8-12-6-10(3)13(19-12)14(18)16-15/h6,9,11H,4-5,7-8,15H2,1-3H3,(H,16,18). The highest BCUT2D eigenvalue weighted by atomic mass is 16.4. The van der Waals surface area contributed by atoms with E-state index in [1.807, 2.05) is 13.0 Å². The molecule has 5 nitrogen and oxygen atoms in total. The van der Waals surface area contributed by atoms with Gasteiger partial charge in [0, 0.05) is 12.1 Å². The number of hydrazine groups is 1. The second-order valence-corrected chi connectivity index (χ2v) is 5.73. The molecule has 106 valence electrons. The Morgan fingerprint density at radius 2 is 2.37 bits per heavy atom. The minimum Gasteiger partial charge on any atom is -0.454 e. The number of aryl methyl sites for hydroxylation is 1. The Morgan fingerprint density at radius 1 is 1.63 bits per heavy atom. The molecule has 1 aliphatic rings. The van der Waals surface area contributed by atoms with Crippen LogP contribution in [0.1, 0.15) is 42.1 Å². The minimum atomic E-state index is -0.370. The molecule has 1 aromatic rings. The second-order valence-electron chi connectivity index (χ2n) is 5.73. The van der Waals surface area contributed by atoms with Crippen LogP contribution in [-0.4, -0.2) is 23.9 Å². The van der Waals surface area contributed by atoms with E-state index >= 15 is 0 Å². The van der Waals surface area contributed by atoms with Crippen molar-refractivity contribution in [2.45, 2.75) is 33.7 Å². The van der Waals surface area contributed by atoms with Crippen molar-refractivity contribution >= 4 is 5.91 Å². The van der Waals surface area contributed by atoms with E-state index in [9.17, 15) is 4.79 Å². The van der Waals surface area contributed by atoms with Crippen LogP contribution in [0.3, 0.4) is 0 Å². The van der Waals surface area contributed by atoms with Crippen LogP contribution in [-0.2, 0) is 6.54 Å². The molecule has 2 rings (SSSR count). The molecule has 1 atom stereocenters. The van der Waals surface area contributed by atoms with Crippen molar-refractivity contribution in [3.63, 3.8) is 0 Å². The Labute approximate surface area is 114 Å². The quantitative estimate of drug-likeness (QED) is 0.493. The Kier molecular flexibility index (Phi) is 4.27. The molecule has 0 spiro atoms. The first kappa shape index (κ1) is 14.1. The lowest BCUT2D eigenvalue weighted by molar-refractivity contribution is 0.0921. The second kappa shape index (κ2) is 5.75. The molecule has 1 saturated heterocycles. The average Bonchev–Trinajstić information content (AvgIpc) is 2.96. The molecule has 1 unspecified atom stereocenters. The molecule has 2 heterocycles. The van der Waals surface area contributed by atoms with Gasteiger partial charge in [-0.2, -0.15) is 0 Å².